The Hall–Kier alpha value is -0.870. The van der Waals surface area contributed by atoms with Crippen LogP contribution in [0.2, 0.25) is 0 Å². The van der Waals surface area contributed by atoms with Crippen molar-refractivity contribution in [2.75, 3.05) is 6.61 Å². The molecule has 1 aromatic rings. The zero-order valence-corrected chi connectivity index (χ0v) is 10.3. The number of aliphatic hydroxyl groups is 1. The summed E-state index contributed by atoms with van der Waals surface area (Å²) in [4.78, 5) is 4.25. The van der Waals surface area contributed by atoms with Crippen LogP contribution in [0.4, 0.5) is 0 Å². The van der Waals surface area contributed by atoms with Crippen molar-refractivity contribution >= 4 is 0 Å². The van der Waals surface area contributed by atoms with E-state index in [1.54, 1.807) is 6.20 Å². The molecule has 1 spiro atoms. The lowest BCUT2D eigenvalue weighted by atomic mass is 9.71. The zero-order chi connectivity index (χ0) is 11.9. The third-order valence-corrected chi connectivity index (χ3v) is 4.37. The Morgan fingerprint density at radius 1 is 1.59 bits per heavy atom. The first-order valence-corrected chi connectivity index (χ1v) is 6.49. The normalized spacial score (nSPS) is 28.9. The minimum absolute atomic E-state index is 0.0923. The van der Waals surface area contributed by atoms with Crippen LogP contribution in [0.1, 0.15) is 44.0 Å². The molecule has 17 heavy (non-hydrogen) atoms. The highest BCUT2D eigenvalue weighted by Gasteiger charge is 2.44. The summed E-state index contributed by atoms with van der Waals surface area (Å²) in [6.45, 7) is 0.784. The molecule has 0 aromatic carbocycles. The molecule has 0 radical (unpaired) electrons. The van der Waals surface area contributed by atoms with Gasteiger partial charge in [0, 0.05) is 26.0 Å². The van der Waals surface area contributed by atoms with Crippen LogP contribution in [-0.4, -0.2) is 26.9 Å². The zero-order valence-electron chi connectivity index (χ0n) is 10.3. The number of rotatable bonds is 2. The number of hydrogen-bond donors (Lipinski definition) is 1. The van der Waals surface area contributed by atoms with Gasteiger partial charge in [0.25, 0.3) is 0 Å². The summed E-state index contributed by atoms with van der Waals surface area (Å²) in [5.74, 6) is 1.08. The summed E-state index contributed by atoms with van der Waals surface area (Å²) in [6, 6.07) is 0. The molecule has 1 aliphatic heterocycles. The lowest BCUT2D eigenvalue weighted by molar-refractivity contribution is -0.158. The molecule has 0 amide bonds. The lowest BCUT2D eigenvalue weighted by Crippen LogP contribution is -2.46. The van der Waals surface area contributed by atoms with Crippen molar-refractivity contribution < 1.29 is 9.84 Å². The van der Waals surface area contributed by atoms with Crippen molar-refractivity contribution in [2.45, 2.75) is 43.8 Å². The van der Waals surface area contributed by atoms with Crippen LogP contribution in [0.3, 0.4) is 0 Å². The van der Waals surface area contributed by atoms with Gasteiger partial charge in [0.2, 0.25) is 0 Å². The van der Waals surface area contributed by atoms with Crippen LogP contribution >= 0.6 is 0 Å². The van der Waals surface area contributed by atoms with E-state index in [1.165, 1.54) is 6.42 Å². The topological polar surface area (TPSA) is 47.3 Å². The fourth-order valence-corrected chi connectivity index (χ4v) is 3.13. The summed E-state index contributed by atoms with van der Waals surface area (Å²) in [6.07, 6.45) is 8.71. The highest BCUT2D eigenvalue weighted by Crippen LogP contribution is 2.46. The minimum Gasteiger partial charge on any atom is -0.385 e. The maximum Gasteiger partial charge on any atom is 0.137 e. The fraction of sp³-hybridized carbons (Fsp3) is 0.769. The minimum atomic E-state index is -0.448. The molecule has 0 bridgehead atoms. The highest BCUT2D eigenvalue weighted by molar-refractivity contribution is 5.02. The van der Waals surface area contributed by atoms with Crippen LogP contribution < -0.4 is 0 Å². The SMILES string of the molecule is Cn1ccnc1C(O)C1CCOC2(CCC2)C1. The molecule has 2 unspecified atom stereocenters. The Morgan fingerprint density at radius 3 is 3.00 bits per heavy atom. The number of aryl methyl sites for hydroxylation is 1. The standard InChI is InChI=1S/C13H20N2O2/c1-15-7-6-14-12(15)11(16)10-3-8-17-13(9-10)4-2-5-13/h6-7,10-11,16H,2-5,8-9H2,1H3. The van der Waals surface area contributed by atoms with Gasteiger partial charge in [-0.05, 0) is 38.0 Å². The molecule has 3 rings (SSSR count). The second-order valence-corrected chi connectivity index (χ2v) is 5.48. The fourth-order valence-electron chi connectivity index (χ4n) is 3.13. The Kier molecular flexibility index (Phi) is 2.71. The number of aliphatic hydroxyl groups excluding tert-OH is 1. The van der Waals surface area contributed by atoms with Crippen LogP contribution in [0, 0.1) is 5.92 Å². The van der Waals surface area contributed by atoms with Gasteiger partial charge in [-0.25, -0.2) is 4.98 Å². The summed E-state index contributed by atoms with van der Waals surface area (Å²) in [5, 5.41) is 10.4. The second-order valence-electron chi connectivity index (χ2n) is 5.48. The molecule has 1 N–H and O–H groups in total. The molecule has 2 fully saturated rings. The van der Waals surface area contributed by atoms with E-state index in [4.69, 9.17) is 4.74 Å². The molecule has 1 aromatic heterocycles. The van der Waals surface area contributed by atoms with E-state index in [2.05, 4.69) is 4.98 Å². The molecule has 94 valence electrons. The maximum atomic E-state index is 10.4. The predicted molar refractivity (Wildman–Crippen MR) is 63.4 cm³/mol. The molecule has 2 atom stereocenters. The average molecular weight is 236 g/mol. The molecule has 1 aliphatic carbocycles. The quantitative estimate of drug-likeness (QED) is 0.851. The highest BCUT2D eigenvalue weighted by atomic mass is 16.5. The summed E-state index contributed by atoms with van der Waals surface area (Å²) >= 11 is 0. The maximum absolute atomic E-state index is 10.4. The first kappa shape index (κ1) is 11.2. The summed E-state index contributed by atoms with van der Waals surface area (Å²) in [5.41, 5.74) is 0.0923. The number of imidazole rings is 1. The van der Waals surface area contributed by atoms with E-state index in [1.807, 2.05) is 17.8 Å². The number of ether oxygens (including phenoxy) is 1. The van der Waals surface area contributed by atoms with Crippen molar-refractivity contribution in [1.82, 2.24) is 9.55 Å². The van der Waals surface area contributed by atoms with Crippen LogP contribution in [0.15, 0.2) is 12.4 Å². The Labute approximate surface area is 102 Å². The Morgan fingerprint density at radius 2 is 2.41 bits per heavy atom. The number of hydrogen-bond acceptors (Lipinski definition) is 3. The first-order chi connectivity index (χ1) is 8.20. The van der Waals surface area contributed by atoms with Gasteiger partial charge in [-0.1, -0.05) is 0 Å². The van der Waals surface area contributed by atoms with Crippen molar-refractivity contribution in [3.05, 3.63) is 18.2 Å². The molecular formula is C13H20N2O2. The Balaban J connectivity index is 1.73. The predicted octanol–water partition coefficient (Wildman–Crippen LogP) is 1.80. The van der Waals surface area contributed by atoms with Crippen molar-refractivity contribution in [1.29, 1.82) is 0 Å². The molecule has 1 saturated carbocycles. The van der Waals surface area contributed by atoms with E-state index in [-0.39, 0.29) is 5.60 Å². The summed E-state index contributed by atoms with van der Waals surface area (Å²) in [7, 11) is 1.93. The van der Waals surface area contributed by atoms with Gasteiger partial charge in [0.05, 0.1) is 5.60 Å². The molecular weight excluding hydrogens is 216 g/mol. The Bertz CT molecular complexity index is 398. The van der Waals surface area contributed by atoms with E-state index < -0.39 is 6.10 Å². The van der Waals surface area contributed by atoms with E-state index in [9.17, 15) is 5.11 Å². The van der Waals surface area contributed by atoms with E-state index in [0.29, 0.717) is 5.92 Å². The monoisotopic (exact) mass is 236 g/mol. The van der Waals surface area contributed by atoms with Crippen molar-refractivity contribution in [3.8, 4) is 0 Å². The van der Waals surface area contributed by atoms with E-state index >= 15 is 0 Å². The van der Waals surface area contributed by atoms with Crippen LogP contribution in [0.25, 0.3) is 0 Å². The average Bonchev–Trinajstić information content (AvgIpc) is 2.73. The van der Waals surface area contributed by atoms with Crippen molar-refractivity contribution in [2.24, 2.45) is 13.0 Å². The molecule has 4 heteroatoms. The second kappa shape index (κ2) is 4.10. The smallest absolute Gasteiger partial charge is 0.137 e. The van der Waals surface area contributed by atoms with Gasteiger partial charge in [-0.15, -0.1) is 0 Å². The lowest BCUT2D eigenvalue weighted by Gasteiger charge is -2.48. The number of aromatic nitrogens is 2. The third-order valence-electron chi connectivity index (χ3n) is 4.37. The van der Waals surface area contributed by atoms with Gasteiger partial charge < -0.3 is 14.4 Å². The van der Waals surface area contributed by atoms with E-state index in [0.717, 1.165) is 38.1 Å². The first-order valence-electron chi connectivity index (χ1n) is 6.49. The number of nitrogens with zero attached hydrogens (tertiary/aromatic N) is 2. The van der Waals surface area contributed by atoms with Crippen molar-refractivity contribution in [3.63, 3.8) is 0 Å². The molecule has 2 heterocycles. The van der Waals surface area contributed by atoms with Crippen LogP contribution in [0.5, 0.6) is 0 Å². The summed E-state index contributed by atoms with van der Waals surface area (Å²) < 4.78 is 7.80. The van der Waals surface area contributed by atoms with Gasteiger partial charge in [0.1, 0.15) is 11.9 Å². The van der Waals surface area contributed by atoms with Crippen LogP contribution in [-0.2, 0) is 11.8 Å². The van der Waals surface area contributed by atoms with Gasteiger partial charge in [-0.2, -0.15) is 0 Å². The molecule has 1 saturated heterocycles. The largest absolute Gasteiger partial charge is 0.385 e. The molecule has 2 aliphatic rings. The molecule has 4 nitrogen and oxygen atoms in total. The van der Waals surface area contributed by atoms with Gasteiger partial charge in [-0.3, -0.25) is 0 Å². The third kappa shape index (κ3) is 1.89. The van der Waals surface area contributed by atoms with Gasteiger partial charge in [0.15, 0.2) is 0 Å². The van der Waals surface area contributed by atoms with Gasteiger partial charge >= 0.3 is 0 Å².